The van der Waals surface area contributed by atoms with E-state index < -0.39 is 0 Å². The maximum atomic E-state index is 12.2. The van der Waals surface area contributed by atoms with Crippen LogP contribution >= 0.6 is 22.7 Å². The number of hydrogen-bond donors (Lipinski definition) is 1. The maximum absolute atomic E-state index is 12.2. The average Bonchev–Trinajstić information content (AvgIpc) is 3.47. The van der Waals surface area contributed by atoms with Crippen molar-refractivity contribution in [2.45, 2.75) is 32.1 Å². The van der Waals surface area contributed by atoms with Gasteiger partial charge in [-0.3, -0.25) is 19.6 Å². The smallest absolute Gasteiger partial charge is 0.230 e. The van der Waals surface area contributed by atoms with Gasteiger partial charge in [0.2, 0.25) is 11.0 Å². The molecule has 4 aromatic rings. The molecule has 1 amide bonds. The summed E-state index contributed by atoms with van der Waals surface area (Å²) >= 11 is 2.78. The zero-order valence-corrected chi connectivity index (χ0v) is 19.8. The molecule has 0 unspecified atom stereocenters. The van der Waals surface area contributed by atoms with Crippen molar-refractivity contribution in [1.82, 2.24) is 30.4 Å². The van der Waals surface area contributed by atoms with Crippen molar-refractivity contribution in [2.75, 3.05) is 5.32 Å². The number of anilines is 1. The van der Waals surface area contributed by atoms with E-state index in [-0.39, 0.29) is 24.5 Å². The molecule has 0 saturated carbocycles. The predicted octanol–water partition coefficient (Wildman–Crippen LogP) is 3.06. The number of allylic oxidation sites excluding steroid dienone is 2. The van der Waals surface area contributed by atoms with Gasteiger partial charge in [0.25, 0.3) is 0 Å². The first-order valence-corrected chi connectivity index (χ1v) is 12.2. The molecule has 0 radical (unpaired) electrons. The Labute approximate surface area is 204 Å². The second-order valence-corrected chi connectivity index (χ2v) is 9.52. The fraction of sp³-hybridized carbons (Fsp3) is 0.217. The molecule has 0 aromatic carbocycles. The number of amides is 1. The van der Waals surface area contributed by atoms with Crippen molar-refractivity contribution in [3.05, 3.63) is 87.4 Å². The topological polar surface area (TPSA) is 124 Å². The number of Topliss-reactive ketones (excluding diaryl/α,β-unsaturated/α-hetero) is 1. The first-order valence-electron chi connectivity index (χ1n) is 10.5. The van der Waals surface area contributed by atoms with Crippen LogP contribution in [0.15, 0.2) is 61.2 Å². The Kier molecular flexibility index (Phi) is 8.25. The number of nitrogens with zero attached hydrogens (tertiary/aromatic N) is 6. The molecule has 1 N–H and O–H groups in total. The highest BCUT2D eigenvalue weighted by molar-refractivity contribution is 7.15. The summed E-state index contributed by atoms with van der Waals surface area (Å²) in [6, 6.07) is 7.35. The van der Waals surface area contributed by atoms with Crippen LogP contribution in [0.1, 0.15) is 26.1 Å². The molecule has 4 aromatic heterocycles. The van der Waals surface area contributed by atoms with Crippen LogP contribution in [0, 0.1) is 0 Å². The van der Waals surface area contributed by atoms with Gasteiger partial charge in [0, 0.05) is 44.0 Å². The van der Waals surface area contributed by atoms with Gasteiger partial charge >= 0.3 is 0 Å². The Balaban J connectivity index is 1.19. The highest BCUT2D eigenvalue weighted by Crippen LogP contribution is 2.17. The molecular formula is C23H21N7O2S2. The Morgan fingerprint density at radius 3 is 2.06 bits per heavy atom. The molecule has 0 bridgehead atoms. The first kappa shape index (κ1) is 23.5. The molecule has 0 aliphatic heterocycles. The van der Waals surface area contributed by atoms with Gasteiger partial charge < -0.3 is 5.32 Å². The summed E-state index contributed by atoms with van der Waals surface area (Å²) in [7, 11) is 0. The van der Waals surface area contributed by atoms with Gasteiger partial charge in [-0.2, -0.15) is 0 Å². The van der Waals surface area contributed by atoms with Crippen molar-refractivity contribution in [3.8, 4) is 0 Å². The second-order valence-electron chi connectivity index (χ2n) is 7.31. The van der Waals surface area contributed by atoms with Crippen LogP contribution < -0.4 is 5.32 Å². The fourth-order valence-corrected chi connectivity index (χ4v) is 4.59. The number of carbonyl (C=O) groups excluding carboxylic acids is 2. The lowest BCUT2D eigenvalue weighted by Gasteiger charge is -2.00. The third kappa shape index (κ3) is 7.42. The van der Waals surface area contributed by atoms with Crippen LogP contribution in [0.5, 0.6) is 0 Å². The minimum Gasteiger partial charge on any atom is -0.300 e. The Hall–Kier alpha value is -3.70. The third-order valence-electron chi connectivity index (χ3n) is 4.53. The third-order valence-corrected chi connectivity index (χ3v) is 6.34. The van der Waals surface area contributed by atoms with Crippen LogP contribution in [0.2, 0.25) is 0 Å². The van der Waals surface area contributed by atoms with Crippen molar-refractivity contribution in [3.63, 3.8) is 0 Å². The van der Waals surface area contributed by atoms with E-state index in [9.17, 15) is 9.59 Å². The Bertz CT molecular complexity index is 1160. The number of carbonyl (C=O) groups is 2. The molecule has 0 spiro atoms. The van der Waals surface area contributed by atoms with Gasteiger partial charge in [-0.1, -0.05) is 35.6 Å². The fourth-order valence-electron chi connectivity index (χ4n) is 3.01. The number of hydrogen-bond acceptors (Lipinski definition) is 10. The van der Waals surface area contributed by atoms with Crippen molar-refractivity contribution < 1.29 is 9.59 Å². The van der Waals surface area contributed by atoms with Crippen molar-refractivity contribution in [1.29, 1.82) is 0 Å². The van der Waals surface area contributed by atoms with Crippen LogP contribution in [-0.4, -0.2) is 42.1 Å². The lowest BCUT2D eigenvalue weighted by Crippen LogP contribution is -2.14. The Morgan fingerprint density at radius 2 is 1.38 bits per heavy atom. The molecule has 0 saturated heterocycles. The molecule has 0 atom stereocenters. The van der Waals surface area contributed by atoms with E-state index in [2.05, 4.69) is 35.7 Å². The number of ketones is 1. The van der Waals surface area contributed by atoms with Crippen LogP contribution in [0.25, 0.3) is 0 Å². The molecule has 0 aliphatic carbocycles. The molecule has 9 nitrogen and oxygen atoms in total. The van der Waals surface area contributed by atoms with Gasteiger partial charge in [-0.15, -0.1) is 31.7 Å². The van der Waals surface area contributed by atoms with Gasteiger partial charge in [0.1, 0.15) is 20.8 Å². The van der Waals surface area contributed by atoms with E-state index >= 15 is 0 Å². The summed E-state index contributed by atoms with van der Waals surface area (Å²) in [6.07, 6.45) is 12.8. The van der Waals surface area contributed by atoms with E-state index in [4.69, 9.17) is 0 Å². The predicted molar refractivity (Wildman–Crippen MR) is 130 cm³/mol. The van der Waals surface area contributed by atoms with Gasteiger partial charge in [0.15, 0.2) is 0 Å². The van der Waals surface area contributed by atoms with Crippen molar-refractivity contribution in [2.24, 2.45) is 0 Å². The number of aromatic nitrogens is 6. The molecule has 0 fully saturated rings. The number of pyridine rings is 2. The molecule has 4 heterocycles. The minimum absolute atomic E-state index is 0.0887. The van der Waals surface area contributed by atoms with E-state index in [0.29, 0.717) is 29.4 Å². The zero-order chi connectivity index (χ0) is 23.6. The standard InChI is InChI=1S/C23H21N7O2S2/c31-18(11-16-5-3-9-24-14-16)13-22-29-27-20(33-22)7-1-2-8-21-28-30-23(34-21)26-19(32)12-17-6-4-10-25-15-17/h1-6,9-10,14-15H,7-8,11-13H2,(H,26,30,32)/b2-1+. The quantitative estimate of drug-likeness (QED) is 0.318. The monoisotopic (exact) mass is 491 g/mol. The minimum atomic E-state index is -0.155. The Morgan fingerprint density at radius 1 is 0.765 bits per heavy atom. The van der Waals surface area contributed by atoms with Gasteiger partial charge in [0.05, 0.1) is 12.8 Å². The molecule has 0 aliphatic rings. The lowest BCUT2D eigenvalue weighted by molar-refractivity contribution is -0.118. The van der Waals surface area contributed by atoms with Crippen LogP contribution in [0.4, 0.5) is 5.13 Å². The highest BCUT2D eigenvalue weighted by atomic mass is 32.1. The molecule has 11 heteroatoms. The summed E-state index contributed by atoms with van der Waals surface area (Å²) in [6.45, 7) is 0. The van der Waals surface area contributed by atoms with E-state index in [0.717, 1.165) is 21.1 Å². The summed E-state index contributed by atoms with van der Waals surface area (Å²) < 4.78 is 0. The zero-order valence-electron chi connectivity index (χ0n) is 18.1. The number of rotatable bonds is 11. The van der Waals surface area contributed by atoms with E-state index in [1.54, 1.807) is 30.9 Å². The normalized spacial score (nSPS) is 11.1. The van der Waals surface area contributed by atoms with Gasteiger partial charge in [-0.25, -0.2) is 0 Å². The largest absolute Gasteiger partial charge is 0.300 e. The second kappa shape index (κ2) is 12.0. The molecule has 4 rings (SSSR count). The molecule has 34 heavy (non-hydrogen) atoms. The van der Waals surface area contributed by atoms with E-state index in [1.807, 2.05) is 30.4 Å². The van der Waals surface area contributed by atoms with Crippen LogP contribution in [0.3, 0.4) is 0 Å². The summed E-state index contributed by atoms with van der Waals surface area (Å²) in [5.74, 6) is -0.0666. The SMILES string of the molecule is O=C(Cc1cccnc1)Cc1nnc(C/C=C/Cc2nnc(NC(=O)Cc3cccnc3)s2)s1. The van der Waals surface area contributed by atoms with Crippen molar-refractivity contribution >= 4 is 39.5 Å². The summed E-state index contributed by atoms with van der Waals surface area (Å²) in [5, 5.41) is 22.0. The maximum Gasteiger partial charge on any atom is 0.230 e. The summed E-state index contributed by atoms with van der Waals surface area (Å²) in [5.41, 5.74) is 1.73. The molecule has 172 valence electrons. The van der Waals surface area contributed by atoms with Crippen LogP contribution in [-0.2, 0) is 41.7 Å². The lowest BCUT2D eigenvalue weighted by atomic mass is 10.1. The number of nitrogens with one attached hydrogen (secondary N) is 1. The van der Waals surface area contributed by atoms with Gasteiger partial charge in [-0.05, 0) is 23.3 Å². The van der Waals surface area contributed by atoms with E-state index in [1.165, 1.54) is 22.7 Å². The summed E-state index contributed by atoms with van der Waals surface area (Å²) in [4.78, 5) is 32.4. The average molecular weight is 492 g/mol. The highest BCUT2D eigenvalue weighted by Gasteiger charge is 2.11. The molecular weight excluding hydrogens is 470 g/mol. The first-order chi connectivity index (χ1) is 16.6.